The molecule has 0 amide bonds. The third-order valence-electron chi connectivity index (χ3n) is 2.71. The van der Waals surface area contributed by atoms with Crippen LogP contribution in [0.15, 0.2) is 47.4 Å². The quantitative estimate of drug-likeness (QED) is 0.845. The summed E-state index contributed by atoms with van der Waals surface area (Å²) < 4.78 is 30.8. The molecule has 0 atom stereocenters. The first-order chi connectivity index (χ1) is 8.36. The van der Waals surface area contributed by atoms with Crippen LogP contribution >= 0.6 is 0 Å². The van der Waals surface area contributed by atoms with Gasteiger partial charge in [-0.2, -0.15) is 8.42 Å². The first kappa shape index (κ1) is 12.8. The van der Waals surface area contributed by atoms with E-state index >= 15 is 0 Å². The van der Waals surface area contributed by atoms with Crippen LogP contribution in [0.2, 0.25) is 0 Å². The molecule has 0 aliphatic heterocycles. The van der Waals surface area contributed by atoms with E-state index in [0.29, 0.717) is 0 Å². The van der Waals surface area contributed by atoms with Crippen molar-refractivity contribution < 1.29 is 13.0 Å². The minimum atomic E-state index is -4.12. The third kappa shape index (κ3) is 2.78. The molecule has 4 heteroatoms. The Balaban J connectivity index is 2.46. The van der Waals surface area contributed by atoms with Gasteiger partial charge in [-0.15, -0.1) is 0 Å². The average molecular weight is 262 g/mol. The lowest BCUT2D eigenvalue weighted by Crippen LogP contribution is -1.97. The van der Waals surface area contributed by atoms with Gasteiger partial charge in [0.25, 0.3) is 10.1 Å². The fraction of sp³-hybridized carbons (Fsp3) is 0.143. The maximum absolute atomic E-state index is 10.9. The highest BCUT2D eigenvalue weighted by Gasteiger charge is 2.09. The molecule has 18 heavy (non-hydrogen) atoms. The van der Waals surface area contributed by atoms with Crippen LogP contribution in [0, 0.1) is 13.8 Å². The Bertz CT molecular complexity index is 650. The van der Waals surface area contributed by atoms with E-state index in [0.717, 1.165) is 22.3 Å². The largest absolute Gasteiger partial charge is 0.294 e. The minimum Gasteiger partial charge on any atom is -0.282 e. The zero-order valence-corrected chi connectivity index (χ0v) is 11.0. The first-order valence-corrected chi connectivity index (χ1v) is 6.96. The Hall–Kier alpha value is -1.65. The summed E-state index contributed by atoms with van der Waals surface area (Å²) in [5, 5.41) is 0. The molecule has 2 rings (SSSR count). The monoisotopic (exact) mass is 262 g/mol. The first-order valence-electron chi connectivity index (χ1n) is 5.52. The summed E-state index contributed by atoms with van der Waals surface area (Å²) in [6.07, 6.45) is 0. The Labute approximate surface area is 107 Å². The van der Waals surface area contributed by atoms with E-state index in [2.05, 4.69) is 6.07 Å². The summed E-state index contributed by atoms with van der Waals surface area (Å²) in [5.41, 5.74) is 4.27. The Morgan fingerprint density at radius 1 is 0.833 bits per heavy atom. The summed E-state index contributed by atoms with van der Waals surface area (Å²) in [5.74, 6) is 0. The predicted octanol–water partition coefficient (Wildman–Crippen LogP) is 3.22. The van der Waals surface area contributed by atoms with Crippen molar-refractivity contribution in [1.29, 1.82) is 0 Å². The zero-order valence-electron chi connectivity index (χ0n) is 10.2. The van der Waals surface area contributed by atoms with E-state index < -0.39 is 10.1 Å². The molecular weight excluding hydrogens is 248 g/mol. The maximum atomic E-state index is 10.9. The van der Waals surface area contributed by atoms with Crippen LogP contribution in [-0.4, -0.2) is 13.0 Å². The van der Waals surface area contributed by atoms with Gasteiger partial charge in [-0.05, 0) is 37.1 Å². The normalized spacial score (nSPS) is 11.5. The Morgan fingerprint density at radius 2 is 1.33 bits per heavy atom. The van der Waals surface area contributed by atoms with Crippen molar-refractivity contribution in [2.24, 2.45) is 0 Å². The smallest absolute Gasteiger partial charge is 0.282 e. The molecule has 0 bridgehead atoms. The van der Waals surface area contributed by atoms with Gasteiger partial charge in [0.1, 0.15) is 0 Å². The lowest BCUT2D eigenvalue weighted by Gasteiger charge is -2.06. The molecule has 0 saturated heterocycles. The molecule has 0 aliphatic carbocycles. The van der Waals surface area contributed by atoms with Crippen LogP contribution < -0.4 is 0 Å². The van der Waals surface area contributed by atoms with Crippen molar-refractivity contribution in [2.45, 2.75) is 18.7 Å². The number of benzene rings is 2. The van der Waals surface area contributed by atoms with E-state index in [9.17, 15) is 8.42 Å². The second-order valence-corrected chi connectivity index (χ2v) is 5.80. The number of rotatable bonds is 2. The summed E-state index contributed by atoms with van der Waals surface area (Å²) in [7, 11) is -4.12. The van der Waals surface area contributed by atoms with Crippen LogP contribution in [0.4, 0.5) is 0 Å². The summed E-state index contributed by atoms with van der Waals surface area (Å²) in [4.78, 5) is -0.0874. The van der Waals surface area contributed by atoms with Crippen molar-refractivity contribution in [2.75, 3.05) is 0 Å². The molecule has 0 radical (unpaired) electrons. The topological polar surface area (TPSA) is 54.4 Å². The summed E-state index contributed by atoms with van der Waals surface area (Å²) >= 11 is 0. The van der Waals surface area contributed by atoms with Gasteiger partial charge in [0.05, 0.1) is 4.90 Å². The fourth-order valence-electron chi connectivity index (χ4n) is 1.96. The zero-order chi connectivity index (χ0) is 13.3. The third-order valence-corrected chi connectivity index (χ3v) is 3.58. The van der Waals surface area contributed by atoms with Gasteiger partial charge < -0.3 is 0 Å². The van der Waals surface area contributed by atoms with Crippen LogP contribution in [-0.2, 0) is 10.1 Å². The molecule has 0 aromatic heterocycles. The van der Waals surface area contributed by atoms with Gasteiger partial charge >= 0.3 is 0 Å². The standard InChI is InChI=1S/C14H14O3S/c1-10-7-11(2)9-13(8-10)12-3-5-14(6-4-12)18(15,16)17/h3-9H,1-2H3,(H,15,16,17). The minimum absolute atomic E-state index is 0.0874. The van der Waals surface area contributed by atoms with E-state index in [1.807, 2.05) is 26.0 Å². The van der Waals surface area contributed by atoms with E-state index in [4.69, 9.17) is 4.55 Å². The highest BCUT2D eigenvalue weighted by molar-refractivity contribution is 7.85. The molecule has 0 saturated carbocycles. The molecule has 0 spiro atoms. The molecule has 0 heterocycles. The van der Waals surface area contributed by atoms with E-state index in [1.165, 1.54) is 12.1 Å². The van der Waals surface area contributed by atoms with Crippen LogP contribution in [0.1, 0.15) is 11.1 Å². The van der Waals surface area contributed by atoms with Crippen molar-refractivity contribution in [3.05, 3.63) is 53.6 Å². The second kappa shape index (κ2) is 4.55. The molecule has 94 valence electrons. The highest BCUT2D eigenvalue weighted by atomic mass is 32.2. The van der Waals surface area contributed by atoms with Crippen LogP contribution in [0.25, 0.3) is 11.1 Å². The fourth-order valence-corrected chi connectivity index (χ4v) is 2.44. The predicted molar refractivity (Wildman–Crippen MR) is 71.2 cm³/mol. The van der Waals surface area contributed by atoms with Gasteiger partial charge in [0.2, 0.25) is 0 Å². The van der Waals surface area contributed by atoms with E-state index in [1.54, 1.807) is 12.1 Å². The lowest BCUT2D eigenvalue weighted by atomic mass is 10.0. The maximum Gasteiger partial charge on any atom is 0.294 e. The van der Waals surface area contributed by atoms with Crippen molar-refractivity contribution in [1.82, 2.24) is 0 Å². The second-order valence-electron chi connectivity index (χ2n) is 4.38. The van der Waals surface area contributed by atoms with Gasteiger partial charge in [-0.25, -0.2) is 0 Å². The van der Waals surface area contributed by atoms with Gasteiger partial charge in [-0.1, -0.05) is 41.5 Å². The number of hydrogen-bond donors (Lipinski definition) is 1. The highest BCUT2D eigenvalue weighted by Crippen LogP contribution is 2.23. The van der Waals surface area contributed by atoms with Gasteiger partial charge in [0, 0.05) is 0 Å². The summed E-state index contributed by atoms with van der Waals surface area (Å²) in [6.45, 7) is 4.03. The van der Waals surface area contributed by atoms with Gasteiger partial charge in [-0.3, -0.25) is 4.55 Å². The van der Waals surface area contributed by atoms with Gasteiger partial charge in [0.15, 0.2) is 0 Å². The Kier molecular flexibility index (Phi) is 3.24. The molecule has 3 nitrogen and oxygen atoms in total. The van der Waals surface area contributed by atoms with Crippen molar-refractivity contribution >= 4 is 10.1 Å². The molecule has 0 unspecified atom stereocenters. The number of hydrogen-bond acceptors (Lipinski definition) is 2. The van der Waals surface area contributed by atoms with Crippen molar-refractivity contribution in [3.63, 3.8) is 0 Å². The van der Waals surface area contributed by atoms with E-state index in [-0.39, 0.29) is 4.90 Å². The Morgan fingerprint density at radius 3 is 1.78 bits per heavy atom. The van der Waals surface area contributed by atoms with Crippen LogP contribution in [0.3, 0.4) is 0 Å². The molecule has 0 fully saturated rings. The summed E-state index contributed by atoms with van der Waals surface area (Å²) in [6, 6.07) is 12.3. The molecule has 1 N–H and O–H groups in total. The molecule has 2 aromatic rings. The molecule has 2 aromatic carbocycles. The van der Waals surface area contributed by atoms with Crippen molar-refractivity contribution in [3.8, 4) is 11.1 Å². The molecular formula is C14H14O3S. The molecule has 0 aliphatic rings. The average Bonchev–Trinajstić information content (AvgIpc) is 2.27. The SMILES string of the molecule is Cc1cc(C)cc(-c2ccc(S(=O)(=O)O)cc2)c1. The van der Waals surface area contributed by atoms with Crippen LogP contribution in [0.5, 0.6) is 0 Å². The number of aryl methyl sites for hydroxylation is 2. The lowest BCUT2D eigenvalue weighted by molar-refractivity contribution is 0.483.